The number of benzene rings is 2. The molecule has 6 heteroatoms. The summed E-state index contributed by atoms with van der Waals surface area (Å²) in [4.78, 5) is 13.6. The van der Waals surface area contributed by atoms with E-state index in [9.17, 15) is 13.6 Å². The number of hydrogen-bond donors (Lipinski definition) is 0. The minimum Gasteiger partial charge on any atom is -0.456 e. The number of nitrogens with zero attached hydrogens (tertiary/aromatic N) is 1. The van der Waals surface area contributed by atoms with Gasteiger partial charge in [0.2, 0.25) is 0 Å². The molecule has 0 bridgehead atoms. The van der Waals surface area contributed by atoms with Gasteiger partial charge in [0.15, 0.2) is 0 Å². The predicted molar refractivity (Wildman–Crippen MR) is 90.7 cm³/mol. The second kappa shape index (κ2) is 6.89. The molecule has 3 rings (SSSR count). The second-order valence-electron chi connectivity index (χ2n) is 5.74. The van der Waals surface area contributed by atoms with Crippen LogP contribution in [0.2, 0.25) is 0 Å². The average molecular weight is 396 g/mol. The van der Waals surface area contributed by atoms with E-state index < -0.39 is 12.5 Å². The normalized spacial score (nSPS) is 16.7. The lowest BCUT2D eigenvalue weighted by Gasteiger charge is -2.32. The number of ether oxygens (including phenoxy) is 1. The molecule has 0 spiro atoms. The number of para-hydroxylation sites is 1. The van der Waals surface area contributed by atoms with E-state index in [1.54, 1.807) is 24.3 Å². The highest BCUT2D eigenvalue weighted by molar-refractivity contribution is 9.10. The van der Waals surface area contributed by atoms with Gasteiger partial charge in [0.25, 0.3) is 11.8 Å². The van der Waals surface area contributed by atoms with Gasteiger partial charge in [-0.1, -0.05) is 12.1 Å². The maximum atomic E-state index is 13.5. The average Bonchev–Trinajstić information content (AvgIpc) is 2.56. The maximum absolute atomic E-state index is 13.5. The van der Waals surface area contributed by atoms with Crippen LogP contribution in [0.3, 0.4) is 0 Å². The Balaban J connectivity index is 1.70. The maximum Gasteiger partial charge on any atom is 0.265 e. The molecule has 24 heavy (non-hydrogen) atoms. The zero-order valence-electron chi connectivity index (χ0n) is 12.8. The minimum absolute atomic E-state index is 0.157. The van der Waals surface area contributed by atoms with Crippen molar-refractivity contribution in [2.24, 2.45) is 0 Å². The number of carbonyl (C=O) groups is 1. The van der Waals surface area contributed by atoms with Gasteiger partial charge in [-0.2, -0.15) is 0 Å². The van der Waals surface area contributed by atoms with Crippen LogP contribution in [-0.4, -0.2) is 29.8 Å². The van der Waals surface area contributed by atoms with Crippen LogP contribution in [0.1, 0.15) is 23.2 Å². The van der Waals surface area contributed by atoms with Crippen LogP contribution in [0.25, 0.3) is 0 Å². The number of alkyl halides is 2. The molecule has 1 saturated heterocycles. The smallest absolute Gasteiger partial charge is 0.265 e. The number of piperidine rings is 1. The van der Waals surface area contributed by atoms with Crippen molar-refractivity contribution in [3.8, 4) is 11.5 Å². The van der Waals surface area contributed by atoms with Crippen molar-refractivity contribution >= 4 is 21.8 Å². The van der Waals surface area contributed by atoms with E-state index in [0.29, 0.717) is 30.0 Å². The molecule has 0 radical (unpaired) electrons. The number of hydrogen-bond acceptors (Lipinski definition) is 2. The van der Waals surface area contributed by atoms with E-state index in [1.165, 1.54) is 4.90 Å². The first kappa shape index (κ1) is 16.9. The third kappa shape index (κ3) is 3.93. The van der Waals surface area contributed by atoms with Crippen molar-refractivity contribution < 1.29 is 18.3 Å². The van der Waals surface area contributed by atoms with Crippen molar-refractivity contribution in [3.63, 3.8) is 0 Å². The Hall–Kier alpha value is -1.95. The quantitative estimate of drug-likeness (QED) is 0.722. The van der Waals surface area contributed by atoms with Crippen molar-refractivity contribution in [3.05, 3.63) is 58.6 Å². The Morgan fingerprint density at radius 3 is 2.50 bits per heavy atom. The molecule has 126 valence electrons. The lowest BCUT2D eigenvalue weighted by Crippen LogP contribution is -2.45. The van der Waals surface area contributed by atoms with Crippen molar-refractivity contribution in [2.75, 3.05) is 13.1 Å². The highest BCUT2D eigenvalue weighted by Crippen LogP contribution is 2.30. The molecule has 3 nitrogen and oxygen atoms in total. The molecule has 0 saturated carbocycles. The molecule has 0 unspecified atom stereocenters. The van der Waals surface area contributed by atoms with Gasteiger partial charge in [0, 0.05) is 18.5 Å². The second-order valence-corrected chi connectivity index (χ2v) is 6.60. The van der Waals surface area contributed by atoms with Crippen molar-refractivity contribution in [1.29, 1.82) is 0 Å². The summed E-state index contributed by atoms with van der Waals surface area (Å²) in [6.07, 6.45) is 0.164. The summed E-state index contributed by atoms with van der Waals surface area (Å²) in [6, 6.07) is 13.9. The zero-order valence-corrected chi connectivity index (χ0v) is 14.4. The summed E-state index contributed by atoms with van der Waals surface area (Å²) in [5, 5.41) is 0. The molecular formula is C18H16BrF2NO2. The number of rotatable bonds is 3. The molecular weight excluding hydrogens is 380 g/mol. The summed E-state index contributed by atoms with van der Waals surface area (Å²) in [5.41, 5.74) is 0.382. The lowest BCUT2D eigenvalue weighted by molar-refractivity contribution is -0.0560. The molecule has 1 aliphatic heterocycles. The summed E-state index contributed by atoms with van der Waals surface area (Å²) in [5.74, 6) is -1.94. The third-order valence-electron chi connectivity index (χ3n) is 3.85. The van der Waals surface area contributed by atoms with E-state index >= 15 is 0 Å². The fraction of sp³-hybridized carbons (Fsp3) is 0.278. The Kier molecular flexibility index (Phi) is 4.85. The molecule has 1 amide bonds. The van der Waals surface area contributed by atoms with E-state index in [1.807, 2.05) is 24.3 Å². The largest absolute Gasteiger partial charge is 0.456 e. The van der Waals surface area contributed by atoms with Crippen LogP contribution in [0.5, 0.6) is 11.5 Å². The van der Waals surface area contributed by atoms with Gasteiger partial charge in [-0.25, -0.2) is 8.78 Å². The Morgan fingerprint density at radius 2 is 1.83 bits per heavy atom. The standard InChI is InChI=1S/C18H16BrF2NO2/c19-15-4-1-2-5-16(15)24-14-8-6-13(7-9-14)17(23)22-11-3-10-18(20,21)12-22/h1-2,4-9H,3,10-12H2. The third-order valence-corrected chi connectivity index (χ3v) is 4.50. The SMILES string of the molecule is O=C(c1ccc(Oc2ccccc2Br)cc1)N1CCCC(F)(F)C1. The molecule has 1 heterocycles. The summed E-state index contributed by atoms with van der Waals surface area (Å²) in [6.45, 7) is -0.148. The lowest BCUT2D eigenvalue weighted by atomic mass is 10.1. The Morgan fingerprint density at radius 1 is 1.12 bits per heavy atom. The highest BCUT2D eigenvalue weighted by Gasteiger charge is 2.37. The van der Waals surface area contributed by atoms with Gasteiger partial charge < -0.3 is 9.64 Å². The van der Waals surface area contributed by atoms with Gasteiger partial charge in [-0.05, 0) is 58.7 Å². The number of halogens is 3. The van der Waals surface area contributed by atoms with Gasteiger partial charge in [-0.3, -0.25) is 4.79 Å². The molecule has 1 aliphatic rings. The van der Waals surface area contributed by atoms with Gasteiger partial charge in [0.05, 0.1) is 11.0 Å². The monoisotopic (exact) mass is 395 g/mol. The summed E-state index contributed by atoms with van der Waals surface area (Å²) in [7, 11) is 0. The molecule has 0 aliphatic carbocycles. The molecule has 0 aromatic heterocycles. The fourth-order valence-corrected chi connectivity index (χ4v) is 3.01. The number of amides is 1. The molecule has 2 aromatic rings. The van der Waals surface area contributed by atoms with Crippen molar-refractivity contribution in [1.82, 2.24) is 4.90 Å². The van der Waals surface area contributed by atoms with E-state index in [4.69, 9.17) is 4.74 Å². The van der Waals surface area contributed by atoms with Crippen LogP contribution >= 0.6 is 15.9 Å². The van der Waals surface area contributed by atoms with Crippen LogP contribution in [-0.2, 0) is 0 Å². The van der Waals surface area contributed by atoms with Crippen LogP contribution in [0.4, 0.5) is 8.78 Å². The topological polar surface area (TPSA) is 29.5 Å². The highest BCUT2D eigenvalue weighted by atomic mass is 79.9. The fourth-order valence-electron chi connectivity index (χ4n) is 2.64. The van der Waals surface area contributed by atoms with Crippen molar-refractivity contribution in [2.45, 2.75) is 18.8 Å². The first-order valence-electron chi connectivity index (χ1n) is 7.64. The van der Waals surface area contributed by atoms with E-state index in [0.717, 1.165) is 4.47 Å². The summed E-state index contributed by atoms with van der Waals surface area (Å²) < 4.78 is 33.5. The number of likely N-dealkylation sites (tertiary alicyclic amines) is 1. The Labute approximate surface area is 147 Å². The molecule has 0 atom stereocenters. The minimum atomic E-state index is -2.80. The van der Waals surface area contributed by atoms with E-state index in [-0.39, 0.29) is 12.3 Å². The Bertz CT molecular complexity index is 734. The van der Waals surface area contributed by atoms with Gasteiger partial charge in [0.1, 0.15) is 11.5 Å². The van der Waals surface area contributed by atoms with Crippen LogP contribution in [0.15, 0.2) is 53.0 Å². The van der Waals surface area contributed by atoms with Gasteiger partial charge >= 0.3 is 0 Å². The van der Waals surface area contributed by atoms with Crippen LogP contribution in [0, 0.1) is 0 Å². The molecule has 1 fully saturated rings. The van der Waals surface area contributed by atoms with Crippen LogP contribution < -0.4 is 4.74 Å². The summed E-state index contributed by atoms with van der Waals surface area (Å²) >= 11 is 3.40. The van der Waals surface area contributed by atoms with E-state index in [2.05, 4.69) is 15.9 Å². The molecule has 2 aromatic carbocycles. The zero-order chi connectivity index (χ0) is 17.2. The predicted octanol–water partition coefficient (Wildman–Crippen LogP) is 5.11. The molecule has 0 N–H and O–H groups in total. The number of carbonyl (C=O) groups excluding carboxylic acids is 1. The first-order chi connectivity index (χ1) is 11.4. The van der Waals surface area contributed by atoms with Gasteiger partial charge in [-0.15, -0.1) is 0 Å². The first-order valence-corrected chi connectivity index (χ1v) is 8.43.